The quantitative estimate of drug-likeness (QED) is 0.229. The van der Waals surface area contributed by atoms with Gasteiger partial charge in [-0.2, -0.15) is 0 Å². The van der Waals surface area contributed by atoms with Gasteiger partial charge in [0, 0.05) is 37.8 Å². The summed E-state index contributed by atoms with van der Waals surface area (Å²) in [6, 6.07) is 46.2. The van der Waals surface area contributed by atoms with Crippen LogP contribution < -0.4 is 15.9 Å². The van der Waals surface area contributed by atoms with E-state index in [2.05, 4.69) is 95.6 Å². The molecular weight excluding hydrogens is 469 g/mol. The third-order valence-corrected chi connectivity index (χ3v) is 10.9. The van der Waals surface area contributed by atoms with Crippen LogP contribution in [0, 0.1) is 0 Å². The van der Waals surface area contributed by atoms with Crippen molar-refractivity contribution in [2.75, 3.05) is 0 Å². The number of rotatable bonds is 2. The molecule has 6 aromatic carbocycles. The fourth-order valence-corrected chi connectivity index (χ4v) is 9.29. The maximum Gasteiger partial charge on any atom is 0.172 e. The summed E-state index contributed by atoms with van der Waals surface area (Å²) in [6.07, 6.45) is 0. The second kappa shape index (κ2) is 7.56. The van der Waals surface area contributed by atoms with Gasteiger partial charge in [0.05, 0.1) is 11.0 Å². The molecule has 1 aliphatic rings. The lowest BCUT2D eigenvalue weighted by atomic mass is 9.96. The number of hydrogen-bond acceptors (Lipinski definition) is 1. The third kappa shape index (κ3) is 2.74. The lowest BCUT2D eigenvalue weighted by Gasteiger charge is -2.30. The molecule has 1 atom stereocenters. The van der Waals surface area contributed by atoms with Crippen LogP contribution in [0.3, 0.4) is 0 Å². The second-order valence-corrected chi connectivity index (χ2v) is 12.4. The molecular formula is C34H22NOP. The smallest absolute Gasteiger partial charge is 0.172 e. The molecule has 1 aliphatic heterocycles. The Balaban J connectivity index is 1.60. The molecule has 8 rings (SSSR count). The molecule has 0 radical (unpaired) electrons. The number of hydrogen-bond donors (Lipinski definition) is 0. The Kier molecular flexibility index (Phi) is 4.24. The highest BCUT2D eigenvalue weighted by Gasteiger charge is 2.38. The predicted molar refractivity (Wildman–Crippen MR) is 157 cm³/mol. The molecule has 0 aliphatic carbocycles. The topological polar surface area (TPSA) is 22.0 Å². The molecule has 0 N–H and O–H groups in total. The standard InChI is InChI=1S/C34H22NOP/c36-37(25-15-5-2-6-16-25)32-20-10-12-23-11-9-18-27(34(23)32)29-21-28-26-17-7-8-19-30(26)35(31(28)22-33(29)37)24-13-3-1-4-14-24/h1-22H. The van der Waals surface area contributed by atoms with Gasteiger partial charge in [-0.05, 0) is 46.8 Å². The summed E-state index contributed by atoms with van der Waals surface area (Å²) >= 11 is 0. The predicted octanol–water partition coefficient (Wildman–Crippen LogP) is 7.56. The first-order chi connectivity index (χ1) is 18.2. The van der Waals surface area contributed by atoms with Crippen molar-refractivity contribution in [2.24, 2.45) is 0 Å². The first-order valence-electron chi connectivity index (χ1n) is 12.6. The molecule has 0 amide bonds. The van der Waals surface area contributed by atoms with Gasteiger partial charge in [-0.15, -0.1) is 0 Å². The number of aromatic nitrogens is 1. The molecule has 3 heteroatoms. The molecule has 174 valence electrons. The van der Waals surface area contributed by atoms with Gasteiger partial charge in [0.25, 0.3) is 0 Å². The number of para-hydroxylation sites is 2. The maximum atomic E-state index is 15.6. The van der Waals surface area contributed by atoms with Crippen LogP contribution in [0.15, 0.2) is 133 Å². The molecule has 7 aromatic rings. The Bertz CT molecular complexity index is 2050. The van der Waals surface area contributed by atoms with Gasteiger partial charge in [0.15, 0.2) is 7.14 Å². The molecule has 2 heterocycles. The summed E-state index contributed by atoms with van der Waals surface area (Å²) in [5.74, 6) is 0. The van der Waals surface area contributed by atoms with Crippen molar-refractivity contribution in [3.05, 3.63) is 133 Å². The zero-order valence-corrected chi connectivity index (χ0v) is 20.9. The first kappa shape index (κ1) is 20.8. The van der Waals surface area contributed by atoms with E-state index in [-0.39, 0.29) is 0 Å². The average Bonchev–Trinajstić information content (AvgIpc) is 3.29. The zero-order valence-electron chi connectivity index (χ0n) is 20.0. The molecule has 37 heavy (non-hydrogen) atoms. The Hall–Kier alpha value is -4.39. The van der Waals surface area contributed by atoms with Gasteiger partial charge in [-0.25, -0.2) is 0 Å². The monoisotopic (exact) mass is 491 g/mol. The Morgan fingerprint density at radius 2 is 1.22 bits per heavy atom. The highest BCUT2D eigenvalue weighted by atomic mass is 31.2. The summed E-state index contributed by atoms with van der Waals surface area (Å²) in [7, 11) is -3.14. The fourth-order valence-electron chi connectivity index (χ4n) is 6.19. The van der Waals surface area contributed by atoms with Crippen LogP contribution in [0.4, 0.5) is 0 Å². The summed E-state index contributed by atoms with van der Waals surface area (Å²) in [4.78, 5) is 0. The number of fused-ring (bicyclic) bond motifs is 5. The van der Waals surface area contributed by atoms with Crippen LogP contribution in [0.2, 0.25) is 0 Å². The zero-order chi connectivity index (χ0) is 24.6. The van der Waals surface area contributed by atoms with Crippen molar-refractivity contribution in [2.45, 2.75) is 0 Å². The van der Waals surface area contributed by atoms with Crippen LogP contribution in [-0.4, -0.2) is 4.57 Å². The van der Waals surface area contributed by atoms with E-state index >= 15 is 4.57 Å². The van der Waals surface area contributed by atoms with Gasteiger partial charge in [-0.1, -0.05) is 103 Å². The van der Waals surface area contributed by atoms with E-state index in [1.54, 1.807) is 0 Å². The molecule has 1 aromatic heterocycles. The SMILES string of the molecule is O=P1(c2ccccc2)c2cc3c(cc2-c2cccc4cccc1c24)c1ccccc1n3-c1ccccc1. The van der Waals surface area contributed by atoms with Crippen molar-refractivity contribution >= 4 is 55.6 Å². The third-order valence-electron chi connectivity index (χ3n) is 7.78. The van der Waals surface area contributed by atoms with Crippen LogP contribution in [-0.2, 0) is 4.57 Å². The van der Waals surface area contributed by atoms with Crippen LogP contribution in [0.1, 0.15) is 0 Å². The first-order valence-corrected chi connectivity index (χ1v) is 14.3. The summed E-state index contributed by atoms with van der Waals surface area (Å²) in [6.45, 7) is 0. The van der Waals surface area contributed by atoms with E-state index in [0.717, 1.165) is 54.5 Å². The van der Waals surface area contributed by atoms with E-state index < -0.39 is 7.14 Å². The minimum Gasteiger partial charge on any atom is -0.309 e. The molecule has 1 unspecified atom stereocenters. The Morgan fingerprint density at radius 1 is 0.514 bits per heavy atom. The summed E-state index contributed by atoms with van der Waals surface area (Å²) in [5.41, 5.74) is 5.55. The van der Waals surface area contributed by atoms with Crippen LogP contribution in [0.5, 0.6) is 0 Å². The van der Waals surface area contributed by atoms with Gasteiger partial charge >= 0.3 is 0 Å². The largest absolute Gasteiger partial charge is 0.309 e. The van der Waals surface area contributed by atoms with Crippen LogP contribution in [0.25, 0.3) is 49.4 Å². The molecule has 0 saturated heterocycles. The maximum absolute atomic E-state index is 15.6. The van der Waals surface area contributed by atoms with Crippen molar-refractivity contribution in [3.8, 4) is 16.8 Å². The molecule has 2 nitrogen and oxygen atoms in total. The second-order valence-electron chi connectivity index (χ2n) is 9.70. The molecule has 0 bridgehead atoms. The minimum absolute atomic E-state index is 0.875. The Labute approximate surface area is 214 Å². The van der Waals surface area contributed by atoms with Gasteiger partial charge < -0.3 is 9.13 Å². The van der Waals surface area contributed by atoms with Crippen molar-refractivity contribution in [1.29, 1.82) is 0 Å². The minimum atomic E-state index is -3.14. The van der Waals surface area contributed by atoms with Gasteiger partial charge in [0.1, 0.15) is 0 Å². The normalized spacial score (nSPS) is 16.3. The van der Waals surface area contributed by atoms with Crippen molar-refractivity contribution in [1.82, 2.24) is 4.57 Å². The van der Waals surface area contributed by atoms with Crippen molar-refractivity contribution in [3.63, 3.8) is 0 Å². The molecule has 0 spiro atoms. The van der Waals surface area contributed by atoms with E-state index in [4.69, 9.17) is 0 Å². The average molecular weight is 492 g/mol. The van der Waals surface area contributed by atoms with Crippen LogP contribution >= 0.6 is 7.14 Å². The van der Waals surface area contributed by atoms with Gasteiger partial charge in [0.2, 0.25) is 0 Å². The summed E-state index contributed by atoms with van der Waals surface area (Å²) in [5, 5.41) is 7.33. The van der Waals surface area contributed by atoms with E-state index in [9.17, 15) is 0 Å². The van der Waals surface area contributed by atoms with E-state index in [1.807, 2.05) is 42.5 Å². The van der Waals surface area contributed by atoms with Crippen molar-refractivity contribution < 1.29 is 4.57 Å². The summed E-state index contributed by atoms with van der Waals surface area (Å²) < 4.78 is 17.9. The van der Waals surface area contributed by atoms with E-state index in [0.29, 0.717) is 0 Å². The highest BCUT2D eigenvalue weighted by molar-refractivity contribution is 7.86. The molecule has 0 fully saturated rings. The lowest BCUT2D eigenvalue weighted by Crippen LogP contribution is -2.30. The number of benzene rings is 6. The lowest BCUT2D eigenvalue weighted by molar-refractivity contribution is 0.592. The highest BCUT2D eigenvalue weighted by Crippen LogP contribution is 2.53. The van der Waals surface area contributed by atoms with E-state index in [1.165, 1.54) is 10.8 Å². The Morgan fingerprint density at radius 3 is 2.03 bits per heavy atom. The molecule has 0 saturated carbocycles. The van der Waals surface area contributed by atoms with Gasteiger partial charge in [-0.3, -0.25) is 0 Å². The number of nitrogens with zero attached hydrogens (tertiary/aromatic N) is 1. The fraction of sp³-hybridized carbons (Fsp3) is 0.